The Morgan fingerprint density at radius 1 is 0.680 bits per heavy atom. The van der Waals surface area contributed by atoms with Gasteiger partial charge in [-0.2, -0.15) is 0 Å². The Morgan fingerprint density at radius 3 is 1.88 bits per heavy atom. The molecule has 0 saturated carbocycles. The minimum absolute atomic E-state index is 0.734. The lowest BCUT2D eigenvalue weighted by Gasteiger charge is -2.37. The first kappa shape index (κ1) is 16.0. The first-order chi connectivity index (χ1) is 12.3. The van der Waals surface area contributed by atoms with Crippen molar-refractivity contribution >= 4 is 23.0 Å². The SMILES string of the molecule is Nc1c(N2CCCCC2)ncnc1N1CCN(c2ccccc2)CC1. The molecule has 132 valence electrons. The van der Waals surface area contributed by atoms with Crippen LogP contribution < -0.4 is 20.4 Å². The predicted octanol–water partition coefficient (Wildman–Crippen LogP) is 2.38. The van der Waals surface area contributed by atoms with Gasteiger partial charge in [-0.3, -0.25) is 0 Å². The summed E-state index contributed by atoms with van der Waals surface area (Å²) < 4.78 is 0. The van der Waals surface area contributed by atoms with Gasteiger partial charge in [-0.25, -0.2) is 9.97 Å². The first-order valence-corrected chi connectivity index (χ1v) is 9.23. The van der Waals surface area contributed by atoms with E-state index in [0.717, 1.165) is 56.6 Å². The van der Waals surface area contributed by atoms with Gasteiger partial charge in [-0.15, -0.1) is 0 Å². The van der Waals surface area contributed by atoms with E-state index < -0.39 is 0 Å². The van der Waals surface area contributed by atoms with Crippen molar-refractivity contribution in [3.8, 4) is 0 Å². The summed E-state index contributed by atoms with van der Waals surface area (Å²) in [5, 5.41) is 0. The summed E-state index contributed by atoms with van der Waals surface area (Å²) in [6, 6.07) is 10.6. The van der Waals surface area contributed by atoms with Crippen LogP contribution in [-0.2, 0) is 0 Å². The standard InChI is InChI=1S/C19H26N6/c20-17-18(24-9-5-2-6-10-24)21-15-22-19(17)25-13-11-23(12-14-25)16-7-3-1-4-8-16/h1,3-4,7-8,15H,2,5-6,9-14,20H2. The fraction of sp³-hybridized carbons (Fsp3) is 0.474. The molecule has 2 aromatic rings. The summed E-state index contributed by atoms with van der Waals surface area (Å²) in [6.07, 6.45) is 5.40. The van der Waals surface area contributed by atoms with Gasteiger partial charge in [0.05, 0.1) is 0 Å². The molecule has 4 rings (SSSR count). The largest absolute Gasteiger partial charge is 0.393 e. The molecule has 0 radical (unpaired) electrons. The fourth-order valence-corrected chi connectivity index (χ4v) is 3.80. The number of aromatic nitrogens is 2. The molecule has 0 atom stereocenters. The van der Waals surface area contributed by atoms with Gasteiger partial charge in [0.1, 0.15) is 12.0 Å². The van der Waals surface area contributed by atoms with Crippen LogP contribution in [0.15, 0.2) is 36.7 Å². The molecule has 25 heavy (non-hydrogen) atoms. The van der Waals surface area contributed by atoms with Crippen molar-refractivity contribution in [2.24, 2.45) is 0 Å². The van der Waals surface area contributed by atoms with Crippen LogP contribution in [0.1, 0.15) is 19.3 Å². The molecule has 2 saturated heterocycles. The molecule has 2 aliphatic heterocycles. The summed E-state index contributed by atoms with van der Waals surface area (Å²) in [5.41, 5.74) is 8.49. The molecule has 0 bridgehead atoms. The van der Waals surface area contributed by atoms with Crippen LogP contribution >= 0.6 is 0 Å². The van der Waals surface area contributed by atoms with Crippen molar-refractivity contribution in [3.63, 3.8) is 0 Å². The Balaban J connectivity index is 1.48. The fourth-order valence-electron chi connectivity index (χ4n) is 3.80. The third-order valence-corrected chi connectivity index (χ3v) is 5.20. The molecule has 0 unspecified atom stereocenters. The minimum Gasteiger partial charge on any atom is -0.393 e. The number of benzene rings is 1. The highest BCUT2D eigenvalue weighted by Gasteiger charge is 2.23. The molecule has 3 heterocycles. The number of para-hydroxylation sites is 1. The van der Waals surface area contributed by atoms with E-state index in [4.69, 9.17) is 5.73 Å². The molecule has 2 N–H and O–H groups in total. The molecule has 6 nitrogen and oxygen atoms in total. The third kappa shape index (κ3) is 3.34. The van der Waals surface area contributed by atoms with Gasteiger partial charge in [0, 0.05) is 45.0 Å². The second-order valence-corrected chi connectivity index (χ2v) is 6.79. The highest BCUT2D eigenvalue weighted by atomic mass is 15.3. The van der Waals surface area contributed by atoms with Crippen molar-refractivity contribution in [3.05, 3.63) is 36.7 Å². The van der Waals surface area contributed by atoms with Gasteiger partial charge in [0.15, 0.2) is 11.6 Å². The van der Waals surface area contributed by atoms with Gasteiger partial charge in [0.2, 0.25) is 0 Å². The quantitative estimate of drug-likeness (QED) is 0.927. The number of anilines is 4. The van der Waals surface area contributed by atoms with E-state index >= 15 is 0 Å². The summed E-state index contributed by atoms with van der Waals surface area (Å²) in [7, 11) is 0. The first-order valence-electron chi connectivity index (χ1n) is 9.23. The number of hydrogen-bond acceptors (Lipinski definition) is 6. The zero-order chi connectivity index (χ0) is 17.1. The van der Waals surface area contributed by atoms with E-state index in [-0.39, 0.29) is 0 Å². The van der Waals surface area contributed by atoms with Crippen LogP contribution in [0.3, 0.4) is 0 Å². The van der Waals surface area contributed by atoms with Crippen LogP contribution in [0.25, 0.3) is 0 Å². The van der Waals surface area contributed by atoms with Crippen LogP contribution in [0, 0.1) is 0 Å². The minimum atomic E-state index is 0.734. The lowest BCUT2D eigenvalue weighted by Crippen LogP contribution is -2.47. The summed E-state index contributed by atoms with van der Waals surface area (Å²) >= 11 is 0. The van der Waals surface area contributed by atoms with Crippen molar-refractivity contribution in [1.29, 1.82) is 0 Å². The number of nitrogens with zero attached hydrogens (tertiary/aromatic N) is 5. The number of hydrogen-bond donors (Lipinski definition) is 1. The maximum Gasteiger partial charge on any atom is 0.157 e. The van der Waals surface area contributed by atoms with E-state index in [1.807, 2.05) is 0 Å². The molecule has 0 amide bonds. The maximum absolute atomic E-state index is 6.47. The predicted molar refractivity (Wildman–Crippen MR) is 103 cm³/mol. The number of nitrogen functional groups attached to an aromatic ring is 1. The average Bonchev–Trinajstić information content (AvgIpc) is 2.70. The van der Waals surface area contributed by atoms with Gasteiger partial charge in [0.25, 0.3) is 0 Å². The maximum atomic E-state index is 6.47. The topological polar surface area (TPSA) is 61.5 Å². The normalized spacial score (nSPS) is 18.5. The zero-order valence-corrected chi connectivity index (χ0v) is 14.6. The Kier molecular flexibility index (Phi) is 4.59. The smallest absolute Gasteiger partial charge is 0.157 e. The molecule has 0 spiro atoms. The summed E-state index contributed by atoms with van der Waals surface area (Å²) in [5.74, 6) is 1.80. The van der Waals surface area contributed by atoms with Crippen molar-refractivity contribution in [1.82, 2.24) is 9.97 Å². The van der Waals surface area contributed by atoms with E-state index in [1.165, 1.54) is 24.9 Å². The highest BCUT2D eigenvalue weighted by molar-refractivity contribution is 5.76. The molecule has 6 heteroatoms. The zero-order valence-electron chi connectivity index (χ0n) is 14.6. The lowest BCUT2D eigenvalue weighted by molar-refractivity contribution is 0.573. The van der Waals surface area contributed by atoms with Crippen molar-refractivity contribution in [2.75, 3.05) is 59.7 Å². The Bertz CT molecular complexity index is 690. The molecular formula is C19H26N6. The van der Waals surface area contributed by atoms with Crippen molar-refractivity contribution in [2.45, 2.75) is 19.3 Å². The van der Waals surface area contributed by atoms with Crippen LogP contribution in [0.2, 0.25) is 0 Å². The van der Waals surface area contributed by atoms with E-state index in [2.05, 4.69) is 55.0 Å². The molecule has 2 fully saturated rings. The number of piperazine rings is 1. The van der Waals surface area contributed by atoms with Crippen LogP contribution in [0.4, 0.5) is 23.0 Å². The van der Waals surface area contributed by atoms with Crippen LogP contribution in [0.5, 0.6) is 0 Å². The Morgan fingerprint density at radius 2 is 1.24 bits per heavy atom. The number of nitrogens with two attached hydrogens (primary N) is 1. The van der Waals surface area contributed by atoms with E-state index in [1.54, 1.807) is 6.33 Å². The van der Waals surface area contributed by atoms with Crippen LogP contribution in [-0.4, -0.2) is 49.2 Å². The van der Waals surface area contributed by atoms with Gasteiger partial charge < -0.3 is 20.4 Å². The van der Waals surface area contributed by atoms with Gasteiger partial charge in [-0.1, -0.05) is 18.2 Å². The number of piperidine rings is 1. The van der Waals surface area contributed by atoms with Gasteiger partial charge in [-0.05, 0) is 31.4 Å². The Labute approximate surface area is 149 Å². The second-order valence-electron chi connectivity index (χ2n) is 6.79. The van der Waals surface area contributed by atoms with E-state index in [9.17, 15) is 0 Å². The molecular weight excluding hydrogens is 312 g/mol. The molecule has 1 aromatic carbocycles. The summed E-state index contributed by atoms with van der Waals surface area (Å²) in [6.45, 7) is 5.90. The Hall–Kier alpha value is -2.50. The van der Waals surface area contributed by atoms with Gasteiger partial charge >= 0.3 is 0 Å². The second kappa shape index (κ2) is 7.17. The highest BCUT2D eigenvalue weighted by Crippen LogP contribution is 2.31. The third-order valence-electron chi connectivity index (χ3n) is 5.20. The average molecular weight is 338 g/mol. The monoisotopic (exact) mass is 338 g/mol. The summed E-state index contributed by atoms with van der Waals surface area (Å²) in [4.78, 5) is 16.0. The molecule has 0 aliphatic carbocycles. The molecule has 1 aromatic heterocycles. The van der Waals surface area contributed by atoms with Crippen molar-refractivity contribution < 1.29 is 0 Å². The lowest BCUT2D eigenvalue weighted by atomic mass is 10.1. The number of rotatable bonds is 3. The van der Waals surface area contributed by atoms with E-state index in [0.29, 0.717) is 0 Å². The molecule has 2 aliphatic rings.